The van der Waals surface area contributed by atoms with Crippen molar-refractivity contribution in [1.29, 1.82) is 0 Å². The van der Waals surface area contributed by atoms with E-state index in [-0.39, 0.29) is 5.91 Å². The summed E-state index contributed by atoms with van der Waals surface area (Å²) in [7, 11) is 0. The van der Waals surface area contributed by atoms with Gasteiger partial charge in [-0.3, -0.25) is 9.48 Å². The SMILES string of the molecule is CCCN(CCCl)C(=O)c1cc(C)nn1CC. The van der Waals surface area contributed by atoms with Crippen LogP contribution in [0.2, 0.25) is 0 Å². The van der Waals surface area contributed by atoms with E-state index in [1.165, 1.54) is 0 Å². The molecule has 1 amide bonds. The smallest absolute Gasteiger partial charge is 0.272 e. The van der Waals surface area contributed by atoms with Crippen LogP contribution in [0.5, 0.6) is 0 Å². The van der Waals surface area contributed by atoms with E-state index in [1.807, 2.05) is 19.9 Å². The van der Waals surface area contributed by atoms with Crippen LogP contribution in [0.1, 0.15) is 36.5 Å². The zero-order chi connectivity index (χ0) is 12.8. The first-order chi connectivity index (χ1) is 8.13. The van der Waals surface area contributed by atoms with Gasteiger partial charge in [0.05, 0.1) is 5.69 Å². The van der Waals surface area contributed by atoms with Gasteiger partial charge in [-0.15, -0.1) is 11.6 Å². The molecule has 1 aromatic heterocycles. The number of rotatable bonds is 6. The molecule has 1 heterocycles. The fourth-order valence-electron chi connectivity index (χ4n) is 1.81. The number of aromatic nitrogens is 2. The average Bonchev–Trinajstić information content (AvgIpc) is 2.69. The second-order valence-electron chi connectivity index (χ2n) is 3.97. The van der Waals surface area contributed by atoms with Gasteiger partial charge < -0.3 is 4.90 Å². The summed E-state index contributed by atoms with van der Waals surface area (Å²) in [4.78, 5) is 14.1. The summed E-state index contributed by atoms with van der Waals surface area (Å²) in [5, 5.41) is 4.29. The maximum absolute atomic E-state index is 12.3. The minimum atomic E-state index is 0.0231. The Morgan fingerprint density at radius 3 is 2.71 bits per heavy atom. The Kier molecular flexibility index (Phi) is 5.48. The van der Waals surface area contributed by atoms with E-state index < -0.39 is 0 Å². The van der Waals surface area contributed by atoms with Crippen LogP contribution in [0, 0.1) is 6.92 Å². The minimum absolute atomic E-state index is 0.0231. The van der Waals surface area contributed by atoms with Crippen molar-refractivity contribution in [3.8, 4) is 0 Å². The predicted octanol–water partition coefficient (Wildman–Crippen LogP) is 2.30. The van der Waals surface area contributed by atoms with Gasteiger partial charge >= 0.3 is 0 Å². The van der Waals surface area contributed by atoms with Crippen molar-refractivity contribution in [2.75, 3.05) is 19.0 Å². The number of carbonyl (C=O) groups is 1. The Bertz CT molecular complexity index is 370. The van der Waals surface area contributed by atoms with Crippen LogP contribution >= 0.6 is 11.6 Å². The number of carbonyl (C=O) groups excluding carboxylic acids is 1. The molecule has 0 atom stereocenters. The molecule has 0 radical (unpaired) electrons. The molecular weight excluding hydrogens is 238 g/mol. The molecule has 0 bridgehead atoms. The molecule has 17 heavy (non-hydrogen) atoms. The van der Waals surface area contributed by atoms with E-state index in [2.05, 4.69) is 12.0 Å². The zero-order valence-corrected chi connectivity index (χ0v) is 11.5. The summed E-state index contributed by atoms with van der Waals surface area (Å²) < 4.78 is 1.74. The van der Waals surface area contributed by atoms with Crippen molar-refractivity contribution in [1.82, 2.24) is 14.7 Å². The molecule has 0 fully saturated rings. The molecule has 0 aliphatic heterocycles. The summed E-state index contributed by atoms with van der Waals surface area (Å²) in [6.07, 6.45) is 0.932. The number of alkyl halides is 1. The van der Waals surface area contributed by atoms with Gasteiger partial charge in [0, 0.05) is 25.5 Å². The van der Waals surface area contributed by atoms with Crippen LogP contribution in [0.15, 0.2) is 6.07 Å². The zero-order valence-electron chi connectivity index (χ0n) is 10.7. The highest BCUT2D eigenvalue weighted by molar-refractivity contribution is 6.18. The van der Waals surface area contributed by atoms with E-state index >= 15 is 0 Å². The number of aryl methyl sites for hydroxylation is 2. The number of hydrogen-bond acceptors (Lipinski definition) is 2. The van der Waals surface area contributed by atoms with Gasteiger partial charge in [-0.05, 0) is 26.3 Å². The molecule has 96 valence electrons. The van der Waals surface area contributed by atoms with Gasteiger partial charge in [0.25, 0.3) is 5.91 Å². The minimum Gasteiger partial charge on any atom is -0.336 e. The average molecular weight is 258 g/mol. The molecule has 0 N–H and O–H groups in total. The number of amides is 1. The molecular formula is C12H20ClN3O. The van der Waals surface area contributed by atoms with Gasteiger partial charge in [0.15, 0.2) is 0 Å². The molecule has 0 aliphatic carbocycles. The van der Waals surface area contributed by atoms with Crippen LogP contribution < -0.4 is 0 Å². The quantitative estimate of drug-likeness (QED) is 0.734. The van der Waals surface area contributed by atoms with Gasteiger partial charge in [0.2, 0.25) is 0 Å². The van der Waals surface area contributed by atoms with Crippen LogP contribution in [-0.4, -0.2) is 39.6 Å². The summed E-state index contributed by atoms with van der Waals surface area (Å²) in [6.45, 7) is 7.96. The van der Waals surface area contributed by atoms with Crippen molar-refractivity contribution < 1.29 is 4.79 Å². The Morgan fingerprint density at radius 1 is 1.47 bits per heavy atom. The normalized spacial score (nSPS) is 10.6. The highest BCUT2D eigenvalue weighted by Crippen LogP contribution is 2.08. The van der Waals surface area contributed by atoms with E-state index in [0.717, 1.165) is 18.7 Å². The predicted molar refractivity (Wildman–Crippen MR) is 69.6 cm³/mol. The first kappa shape index (κ1) is 14.0. The second kappa shape index (κ2) is 6.64. The van der Waals surface area contributed by atoms with Crippen LogP contribution in [0.3, 0.4) is 0 Å². The molecule has 0 saturated carbocycles. The first-order valence-electron chi connectivity index (χ1n) is 6.03. The monoisotopic (exact) mass is 257 g/mol. The molecule has 5 heteroatoms. The van der Waals surface area contributed by atoms with Crippen LogP contribution in [-0.2, 0) is 6.54 Å². The molecule has 4 nitrogen and oxygen atoms in total. The number of nitrogens with zero attached hydrogens (tertiary/aromatic N) is 3. The lowest BCUT2D eigenvalue weighted by atomic mass is 10.3. The fraction of sp³-hybridized carbons (Fsp3) is 0.667. The summed E-state index contributed by atoms with van der Waals surface area (Å²) in [6, 6.07) is 1.84. The Hall–Kier alpha value is -1.03. The molecule has 0 aromatic carbocycles. The van der Waals surface area contributed by atoms with E-state index in [4.69, 9.17) is 11.6 Å². The van der Waals surface area contributed by atoms with E-state index in [9.17, 15) is 4.79 Å². The Labute approximate surface area is 108 Å². The third kappa shape index (κ3) is 3.46. The summed E-state index contributed by atoms with van der Waals surface area (Å²) in [5.74, 6) is 0.486. The summed E-state index contributed by atoms with van der Waals surface area (Å²) >= 11 is 5.73. The Balaban J connectivity index is 2.91. The first-order valence-corrected chi connectivity index (χ1v) is 6.57. The second-order valence-corrected chi connectivity index (χ2v) is 4.35. The topological polar surface area (TPSA) is 38.1 Å². The lowest BCUT2D eigenvalue weighted by Crippen LogP contribution is -2.34. The van der Waals surface area contributed by atoms with Gasteiger partial charge in [0.1, 0.15) is 5.69 Å². The van der Waals surface area contributed by atoms with E-state index in [1.54, 1.807) is 9.58 Å². The highest BCUT2D eigenvalue weighted by atomic mass is 35.5. The van der Waals surface area contributed by atoms with Crippen molar-refractivity contribution in [2.45, 2.75) is 33.7 Å². The lowest BCUT2D eigenvalue weighted by Gasteiger charge is -2.21. The molecule has 1 aromatic rings. The number of halogens is 1. The summed E-state index contributed by atoms with van der Waals surface area (Å²) in [5.41, 5.74) is 1.53. The van der Waals surface area contributed by atoms with Gasteiger partial charge in [-0.2, -0.15) is 5.10 Å². The Morgan fingerprint density at radius 2 is 2.18 bits per heavy atom. The van der Waals surface area contributed by atoms with Crippen molar-refractivity contribution in [3.05, 3.63) is 17.5 Å². The molecule has 0 spiro atoms. The van der Waals surface area contributed by atoms with Gasteiger partial charge in [-0.1, -0.05) is 6.92 Å². The standard InChI is InChI=1S/C12H20ClN3O/c1-4-7-15(8-6-13)12(17)11-9-10(3)14-16(11)5-2/h9H,4-8H2,1-3H3. The van der Waals surface area contributed by atoms with Crippen molar-refractivity contribution in [3.63, 3.8) is 0 Å². The van der Waals surface area contributed by atoms with Gasteiger partial charge in [-0.25, -0.2) is 0 Å². The molecule has 0 aliphatic rings. The maximum Gasteiger partial charge on any atom is 0.272 e. The molecule has 1 rings (SSSR count). The highest BCUT2D eigenvalue weighted by Gasteiger charge is 2.19. The molecule has 0 unspecified atom stereocenters. The third-order valence-corrected chi connectivity index (χ3v) is 2.72. The maximum atomic E-state index is 12.3. The largest absolute Gasteiger partial charge is 0.336 e. The van der Waals surface area contributed by atoms with Crippen LogP contribution in [0.25, 0.3) is 0 Å². The fourth-order valence-corrected chi connectivity index (χ4v) is 2.01. The lowest BCUT2D eigenvalue weighted by molar-refractivity contribution is 0.0753. The van der Waals surface area contributed by atoms with Crippen molar-refractivity contribution >= 4 is 17.5 Å². The van der Waals surface area contributed by atoms with E-state index in [0.29, 0.717) is 24.7 Å². The number of hydrogen-bond donors (Lipinski definition) is 0. The van der Waals surface area contributed by atoms with Crippen molar-refractivity contribution in [2.24, 2.45) is 0 Å². The van der Waals surface area contributed by atoms with Crippen LogP contribution in [0.4, 0.5) is 0 Å². The molecule has 0 saturated heterocycles. The third-order valence-electron chi connectivity index (χ3n) is 2.56.